The molecule has 0 atom stereocenters. The van der Waals surface area contributed by atoms with Crippen LogP contribution in [-0.2, 0) is 0 Å². The lowest BCUT2D eigenvalue weighted by Crippen LogP contribution is -1.91. The summed E-state index contributed by atoms with van der Waals surface area (Å²) in [6, 6.07) is 11.9. The van der Waals surface area contributed by atoms with E-state index >= 15 is 0 Å². The van der Waals surface area contributed by atoms with Crippen LogP contribution in [0.15, 0.2) is 42.5 Å². The van der Waals surface area contributed by atoms with Gasteiger partial charge in [-0.1, -0.05) is 18.2 Å². The average molecular weight is 217 g/mol. The molecular weight excluding hydrogens is 205 g/mol. The van der Waals surface area contributed by atoms with Gasteiger partial charge in [-0.15, -0.1) is 0 Å². The Labute approximate surface area is 93.5 Å². The number of para-hydroxylation sites is 1. The molecule has 0 fully saturated rings. The van der Waals surface area contributed by atoms with Crippen LogP contribution in [0.3, 0.4) is 0 Å². The van der Waals surface area contributed by atoms with Gasteiger partial charge in [0, 0.05) is 11.3 Å². The maximum Gasteiger partial charge on any atom is 0.126 e. The van der Waals surface area contributed by atoms with Crippen LogP contribution in [0.4, 0.5) is 10.1 Å². The summed E-state index contributed by atoms with van der Waals surface area (Å²) in [5.74, 6) is 0.355. The number of nitrogen functional groups attached to an aromatic ring is 1. The van der Waals surface area contributed by atoms with E-state index in [2.05, 4.69) is 0 Å². The van der Waals surface area contributed by atoms with E-state index in [1.165, 1.54) is 12.1 Å². The Hall–Kier alpha value is -2.03. The van der Waals surface area contributed by atoms with Gasteiger partial charge in [0.25, 0.3) is 0 Å². The van der Waals surface area contributed by atoms with E-state index in [9.17, 15) is 4.39 Å². The average Bonchev–Trinajstić information content (AvgIpc) is 2.27. The minimum absolute atomic E-state index is 0.346. The molecule has 0 heterocycles. The number of methoxy groups -OCH3 is 1. The Morgan fingerprint density at radius 2 is 1.88 bits per heavy atom. The third-order valence-corrected chi connectivity index (χ3v) is 2.34. The first kappa shape index (κ1) is 10.5. The van der Waals surface area contributed by atoms with Crippen LogP contribution in [0.5, 0.6) is 5.75 Å². The highest BCUT2D eigenvalue weighted by atomic mass is 19.1. The summed E-state index contributed by atoms with van der Waals surface area (Å²) in [6.45, 7) is 0. The van der Waals surface area contributed by atoms with Gasteiger partial charge in [0.2, 0.25) is 0 Å². The van der Waals surface area contributed by atoms with E-state index in [-0.39, 0.29) is 5.82 Å². The highest BCUT2D eigenvalue weighted by Gasteiger charge is 2.06. The van der Waals surface area contributed by atoms with E-state index in [1.54, 1.807) is 13.2 Å². The molecule has 0 aliphatic heterocycles. The van der Waals surface area contributed by atoms with Gasteiger partial charge in [0.15, 0.2) is 0 Å². The van der Waals surface area contributed by atoms with Crippen LogP contribution >= 0.6 is 0 Å². The van der Waals surface area contributed by atoms with E-state index < -0.39 is 0 Å². The Bertz CT molecular complexity index is 491. The summed E-state index contributed by atoms with van der Waals surface area (Å²) >= 11 is 0. The SMILES string of the molecule is COc1ccccc1-c1cc(N)cc(F)c1. The molecular formula is C13H12FNO. The molecule has 0 unspecified atom stereocenters. The number of ether oxygens (including phenoxy) is 1. The van der Waals surface area contributed by atoms with Crippen molar-refractivity contribution in [1.29, 1.82) is 0 Å². The first-order valence-corrected chi connectivity index (χ1v) is 4.90. The lowest BCUT2D eigenvalue weighted by Gasteiger charge is -2.08. The lowest BCUT2D eigenvalue weighted by atomic mass is 10.0. The monoisotopic (exact) mass is 217 g/mol. The molecule has 2 aromatic carbocycles. The first-order chi connectivity index (χ1) is 7.70. The highest BCUT2D eigenvalue weighted by molar-refractivity contribution is 5.73. The molecule has 2 rings (SSSR count). The molecule has 2 aromatic rings. The number of hydrogen-bond donors (Lipinski definition) is 1. The fourth-order valence-electron chi connectivity index (χ4n) is 1.65. The zero-order valence-electron chi connectivity index (χ0n) is 8.91. The molecule has 0 aliphatic carbocycles. The van der Waals surface area contributed by atoms with E-state index in [0.29, 0.717) is 11.4 Å². The van der Waals surface area contributed by atoms with Crippen molar-refractivity contribution in [3.8, 4) is 16.9 Å². The van der Waals surface area contributed by atoms with Gasteiger partial charge in [0.05, 0.1) is 7.11 Å². The highest BCUT2D eigenvalue weighted by Crippen LogP contribution is 2.31. The molecule has 0 saturated carbocycles. The van der Waals surface area contributed by atoms with E-state index in [1.807, 2.05) is 24.3 Å². The summed E-state index contributed by atoms with van der Waals surface area (Å²) in [4.78, 5) is 0. The Morgan fingerprint density at radius 3 is 2.56 bits per heavy atom. The molecule has 0 aromatic heterocycles. The van der Waals surface area contributed by atoms with Gasteiger partial charge >= 0.3 is 0 Å². The predicted octanol–water partition coefficient (Wildman–Crippen LogP) is 3.08. The van der Waals surface area contributed by atoms with Crippen LogP contribution in [-0.4, -0.2) is 7.11 Å². The number of hydrogen-bond acceptors (Lipinski definition) is 2. The van der Waals surface area contributed by atoms with Crippen LogP contribution < -0.4 is 10.5 Å². The van der Waals surface area contributed by atoms with Crippen LogP contribution in [0.25, 0.3) is 11.1 Å². The molecule has 0 bridgehead atoms. The normalized spacial score (nSPS) is 10.1. The molecule has 0 spiro atoms. The van der Waals surface area contributed by atoms with Gasteiger partial charge in [-0.05, 0) is 29.8 Å². The molecule has 0 aliphatic rings. The van der Waals surface area contributed by atoms with Crippen molar-refractivity contribution in [3.63, 3.8) is 0 Å². The van der Waals surface area contributed by atoms with Gasteiger partial charge in [-0.25, -0.2) is 4.39 Å². The molecule has 3 heteroatoms. The van der Waals surface area contributed by atoms with Gasteiger partial charge in [-0.3, -0.25) is 0 Å². The Kier molecular flexibility index (Phi) is 2.77. The molecule has 82 valence electrons. The summed E-state index contributed by atoms with van der Waals surface area (Å²) in [6.07, 6.45) is 0. The van der Waals surface area contributed by atoms with Crippen molar-refractivity contribution in [3.05, 3.63) is 48.3 Å². The number of rotatable bonds is 2. The Morgan fingerprint density at radius 1 is 1.12 bits per heavy atom. The second-order valence-electron chi connectivity index (χ2n) is 3.47. The fraction of sp³-hybridized carbons (Fsp3) is 0.0769. The largest absolute Gasteiger partial charge is 0.496 e. The maximum atomic E-state index is 13.2. The van der Waals surface area contributed by atoms with Gasteiger partial charge in [0.1, 0.15) is 11.6 Å². The van der Waals surface area contributed by atoms with Crippen molar-refractivity contribution < 1.29 is 9.13 Å². The molecule has 0 radical (unpaired) electrons. The minimum Gasteiger partial charge on any atom is -0.496 e. The second kappa shape index (κ2) is 4.23. The van der Waals surface area contributed by atoms with E-state index in [0.717, 1.165) is 11.1 Å². The molecule has 2 nitrogen and oxygen atoms in total. The molecule has 0 saturated heterocycles. The lowest BCUT2D eigenvalue weighted by molar-refractivity contribution is 0.416. The maximum absolute atomic E-state index is 13.2. The van der Waals surface area contributed by atoms with E-state index in [4.69, 9.17) is 10.5 Å². The number of benzene rings is 2. The van der Waals surface area contributed by atoms with Gasteiger partial charge in [-0.2, -0.15) is 0 Å². The quantitative estimate of drug-likeness (QED) is 0.784. The summed E-state index contributed by atoms with van der Waals surface area (Å²) in [7, 11) is 1.58. The smallest absolute Gasteiger partial charge is 0.126 e. The third-order valence-electron chi connectivity index (χ3n) is 2.34. The fourth-order valence-corrected chi connectivity index (χ4v) is 1.65. The first-order valence-electron chi connectivity index (χ1n) is 4.90. The van der Waals surface area contributed by atoms with Crippen molar-refractivity contribution in [2.75, 3.05) is 12.8 Å². The Balaban J connectivity index is 2.58. The summed E-state index contributed by atoms with van der Waals surface area (Å²) in [5, 5.41) is 0. The molecule has 16 heavy (non-hydrogen) atoms. The topological polar surface area (TPSA) is 35.2 Å². The predicted molar refractivity (Wildman–Crippen MR) is 62.8 cm³/mol. The van der Waals surface area contributed by atoms with Crippen molar-refractivity contribution in [2.24, 2.45) is 0 Å². The van der Waals surface area contributed by atoms with Gasteiger partial charge < -0.3 is 10.5 Å². The zero-order chi connectivity index (χ0) is 11.5. The van der Waals surface area contributed by atoms with Crippen LogP contribution in [0, 0.1) is 5.82 Å². The minimum atomic E-state index is -0.346. The number of halogens is 1. The number of anilines is 1. The second-order valence-corrected chi connectivity index (χ2v) is 3.47. The summed E-state index contributed by atoms with van der Waals surface area (Å²) in [5.41, 5.74) is 7.56. The summed E-state index contributed by atoms with van der Waals surface area (Å²) < 4.78 is 18.4. The standard InChI is InChI=1S/C13H12FNO/c1-16-13-5-3-2-4-12(13)9-6-10(14)8-11(15)7-9/h2-8H,15H2,1H3. The number of nitrogens with two attached hydrogens (primary N) is 1. The molecule has 2 N–H and O–H groups in total. The van der Waals surface area contributed by atoms with Crippen LogP contribution in [0.1, 0.15) is 0 Å². The van der Waals surface area contributed by atoms with Crippen LogP contribution in [0.2, 0.25) is 0 Å². The van der Waals surface area contributed by atoms with Crippen molar-refractivity contribution >= 4 is 5.69 Å². The zero-order valence-corrected chi connectivity index (χ0v) is 8.91. The van der Waals surface area contributed by atoms with Crippen molar-refractivity contribution in [2.45, 2.75) is 0 Å². The van der Waals surface area contributed by atoms with Crippen molar-refractivity contribution in [1.82, 2.24) is 0 Å². The third kappa shape index (κ3) is 1.98. The molecule has 0 amide bonds.